The summed E-state index contributed by atoms with van der Waals surface area (Å²) in [4.78, 5) is 0. The summed E-state index contributed by atoms with van der Waals surface area (Å²) in [6.07, 6.45) is 1.81. The molecule has 0 saturated heterocycles. The number of hydrogen-bond acceptors (Lipinski definition) is 1. The van der Waals surface area contributed by atoms with Gasteiger partial charge in [-0.25, -0.2) is 0 Å². The van der Waals surface area contributed by atoms with Gasteiger partial charge < -0.3 is 0 Å². The Labute approximate surface area is 78.8 Å². The molecule has 0 unspecified atom stereocenters. The molecule has 0 rings (SSSR count). The van der Waals surface area contributed by atoms with Crippen LogP contribution in [0.2, 0.25) is 5.21 Å². The molecule has 0 saturated carbocycles. The third-order valence-electron chi connectivity index (χ3n) is 2.14. The number of thiol groups is 1. The van der Waals surface area contributed by atoms with Gasteiger partial charge in [0, 0.05) is 0 Å². The van der Waals surface area contributed by atoms with Crippen LogP contribution in [0.4, 0.5) is 0 Å². The van der Waals surface area contributed by atoms with Gasteiger partial charge in [0.1, 0.15) is 0 Å². The highest BCUT2D eigenvalue weighted by Crippen LogP contribution is 2.42. The molecule has 0 aromatic carbocycles. The molecule has 0 atom stereocenters. The Balaban J connectivity index is 4.00. The van der Waals surface area contributed by atoms with Gasteiger partial charge >= 0.3 is 0 Å². The highest BCUT2D eigenvalue weighted by Gasteiger charge is 2.30. The van der Waals surface area contributed by atoms with E-state index in [2.05, 4.69) is 33.4 Å². The monoisotopic (exact) mass is 166 g/mol. The fourth-order valence-electron chi connectivity index (χ4n) is 0.747. The smallest absolute Gasteiger partial charge is 0.0627 e. The van der Waals surface area contributed by atoms with E-state index in [0.29, 0.717) is 0 Å². The lowest BCUT2D eigenvalue weighted by atomic mass is 9.42. The average molecular weight is 166 g/mol. The first-order valence-corrected chi connectivity index (χ1v) is 4.63. The number of rotatable bonds is 3. The molecule has 0 fully saturated rings. The summed E-state index contributed by atoms with van der Waals surface area (Å²) < 4.78 is 0. The van der Waals surface area contributed by atoms with E-state index in [9.17, 15) is 0 Å². The van der Waals surface area contributed by atoms with Crippen LogP contribution in [0, 0.1) is 5.41 Å². The van der Waals surface area contributed by atoms with Gasteiger partial charge in [-0.15, -0.1) is 0 Å². The van der Waals surface area contributed by atoms with E-state index < -0.39 is 5.21 Å². The Hall–Kier alpha value is 0.480. The van der Waals surface area contributed by atoms with E-state index in [1.807, 2.05) is 0 Å². The van der Waals surface area contributed by atoms with Crippen molar-refractivity contribution in [2.24, 2.45) is 5.41 Å². The first kappa shape index (κ1) is 11.5. The predicted octanol–water partition coefficient (Wildman–Crippen LogP) is 2.20. The first-order chi connectivity index (χ1) is 4.81. The predicted molar refractivity (Wildman–Crippen MR) is 56.7 cm³/mol. The standard InChI is InChI=1S/C8H16B2S/c1-7(2,3)8(9,10)5-4-6-11/h11H,4-6H2,1-3H3. The molecular weight excluding hydrogens is 150 g/mol. The second-order valence-corrected chi connectivity index (χ2v) is 4.56. The lowest BCUT2D eigenvalue weighted by molar-refractivity contribution is 0.328. The summed E-state index contributed by atoms with van der Waals surface area (Å²) in [7, 11) is 11.8. The average Bonchev–Trinajstić information content (AvgIpc) is 1.81. The summed E-state index contributed by atoms with van der Waals surface area (Å²) in [6.45, 7) is 6.18. The Bertz CT molecular complexity index is 116. The van der Waals surface area contributed by atoms with Gasteiger partial charge in [0.15, 0.2) is 0 Å². The molecule has 0 aromatic rings. The maximum absolute atomic E-state index is 5.92. The number of hydrogen-bond donors (Lipinski definition) is 1. The van der Waals surface area contributed by atoms with Crippen LogP contribution in [-0.4, -0.2) is 21.4 Å². The van der Waals surface area contributed by atoms with Gasteiger partial charge in [-0.3, -0.25) is 0 Å². The van der Waals surface area contributed by atoms with Crippen molar-refractivity contribution in [2.45, 2.75) is 38.8 Å². The molecule has 0 N–H and O–H groups in total. The van der Waals surface area contributed by atoms with Crippen molar-refractivity contribution >= 4 is 28.3 Å². The topological polar surface area (TPSA) is 0 Å². The van der Waals surface area contributed by atoms with Crippen molar-refractivity contribution in [3.05, 3.63) is 0 Å². The van der Waals surface area contributed by atoms with Crippen LogP contribution in [0.1, 0.15) is 33.6 Å². The van der Waals surface area contributed by atoms with Crippen molar-refractivity contribution in [1.82, 2.24) is 0 Å². The molecule has 0 nitrogen and oxygen atoms in total. The summed E-state index contributed by atoms with van der Waals surface area (Å²) in [5.41, 5.74) is -0.0318. The lowest BCUT2D eigenvalue weighted by Gasteiger charge is -2.40. The van der Waals surface area contributed by atoms with Crippen molar-refractivity contribution < 1.29 is 0 Å². The van der Waals surface area contributed by atoms with Gasteiger partial charge in [-0.2, -0.15) is 12.6 Å². The van der Waals surface area contributed by atoms with Crippen LogP contribution < -0.4 is 0 Å². The highest BCUT2D eigenvalue weighted by atomic mass is 32.1. The van der Waals surface area contributed by atoms with E-state index in [-0.39, 0.29) is 5.41 Å². The molecule has 0 heterocycles. The fraction of sp³-hybridized carbons (Fsp3) is 1.00. The summed E-state index contributed by atoms with van der Waals surface area (Å²) in [5.74, 6) is 0.853. The third kappa shape index (κ3) is 3.59. The zero-order valence-corrected chi connectivity index (χ0v) is 8.62. The highest BCUT2D eigenvalue weighted by molar-refractivity contribution is 7.80. The molecule has 3 heteroatoms. The van der Waals surface area contributed by atoms with Crippen molar-refractivity contribution in [3.8, 4) is 0 Å². The Morgan fingerprint density at radius 2 is 1.64 bits per heavy atom. The van der Waals surface area contributed by atoms with E-state index in [1.165, 1.54) is 0 Å². The molecule has 0 aliphatic heterocycles. The first-order valence-electron chi connectivity index (χ1n) is 4.00. The second kappa shape index (κ2) is 3.93. The lowest BCUT2D eigenvalue weighted by Crippen LogP contribution is -2.29. The van der Waals surface area contributed by atoms with Crippen molar-refractivity contribution in [2.75, 3.05) is 5.75 Å². The van der Waals surface area contributed by atoms with Crippen molar-refractivity contribution in [3.63, 3.8) is 0 Å². The van der Waals surface area contributed by atoms with Crippen LogP contribution in [-0.2, 0) is 0 Å². The molecule has 0 aliphatic carbocycles. The minimum absolute atomic E-state index is 0.0318. The minimum Gasteiger partial charge on any atom is -0.179 e. The zero-order chi connectivity index (χ0) is 9.12. The third-order valence-corrected chi connectivity index (χ3v) is 2.46. The maximum Gasteiger partial charge on any atom is 0.0627 e. The van der Waals surface area contributed by atoms with Gasteiger partial charge in [0.05, 0.1) is 15.7 Å². The normalized spacial score (nSPS) is 13.5. The molecular formula is C8H16B2S. The van der Waals surface area contributed by atoms with E-state index in [4.69, 9.17) is 15.7 Å². The van der Waals surface area contributed by atoms with Crippen LogP contribution in [0.3, 0.4) is 0 Å². The maximum atomic E-state index is 5.92. The van der Waals surface area contributed by atoms with Crippen LogP contribution in [0.25, 0.3) is 0 Å². The van der Waals surface area contributed by atoms with Crippen LogP contribution in [0.5, 0.6) is 0 Å². The zero-order valence-electron chi connectivity index (χ0n) is 7.72. The quantitative estimate of drug-likeness (QED) is 0.482. The van der Waals surface area contributed by atoms with Gasteiger partial charge in [-0.05, 0) is 17.6 Å². The molecule has 0 aliphatic rings. The van der Waals surface area contributed by atoms with Gasteiger partial charge in [0.2, 0.25) is 0 Å². The molecule has 0 spiro atoms. The molecule has 0 aromatic heterocycles. The van der Waals surface area contributed by atoms with Crippen LogP contribution in [0.15, 0.2) is 0 Å². The SMILES string of the molecule is [B]C([B])(CCCS)C(C)(C)C. The van der Waals surface area contributed by atoms with Crippen molar-refractivity contribution in [1.29, 1.82) is 0 Å². The Morgan fingerprint density at radius 1 is 1.18 bits per heavy atom. The molecule has 4 radical (unpaired) electrons. The second-order valence-electron chi connectivity index (χ2n) is 4.12. The minimum atomic E-state index is -0.560. The van der Waals surface area contributed by atoms with Crippen LogP contribution >= 0.6 is 12.6 Å². The summed E-state index contributed by atoms with van der Waals surface area (Å²) in [6, 6.07) is 0. The van der Waals surface area contributed by atoms with Gasteiger partial charge in [0.25, 0.3) is 0 Å². The summed E-state index contributed by atoms with van der Waals surface area (Å²) >= 11 is 4.12. The molecule has 0 bridgehead atoms. The fourth-order valence-corrected chi connectivity index (χ4v) is 0.905. The van der Waals surface area contributed by atoms with E-state index >= 15 is 0 Å². The molecule has 60 valence electrons. The Morgan fingerprint density at radius 3 is 1.91 bits per heavy atom. The largest absolute Gasteiger partial charge is 0.179 e. The van der Waals surface area contributed by atoms with E-state index in [1.54, 1.807) is 0 Å². The molecule has 0 amide bonds. The Kier molecular flexibility index (Phi) is 4.10. The van der Waals surface area contributed by atoms with Gasteiger partial charge in [-0.1, -0.05) is 32.4 Å². The summed E-state index contributed by atoms with van der Waals surface area (Å²) in [5, 5.41) is -0.560. The molecule has 11 heavy (non-hydrogen) atoms. The van der Waals surface area contributed by atoms with E-state index in [0.717, 1.165) is 18.6 Å².